The maximum atomic E-state index is 13.5. The Morgan fingerprint density at radius 1 is 1.30 bits per heavy atom. The van der Waals surface area contributed by atoms with Crippen molar-refractivity contribution in [3.63, 3.8) is 0 Å². The van der Waals surface area contributed by atoms with E-state index in [0.717, 1.165) is 25.7 Å². The second kappa shape index (κ2) is 9.65. The summed E-state index contributed by atoms with van der Waals surface area (Å²) < 4.78 is 34.7. The summed E-state index contributed by atoms with van der Waals surface area (Å²) in [5.74, 6) is 7.42. The molecule has 3 aliphatic rings. The van der Waals surface area contributed by atoms with E-state index in [-0.39, 0.29) is 35.6 Å². The van der Waals surface area contributed by atoms with E-state index in [4.69, 9.17) is 4.74 Å². The van der Waals surface area contributed by atoms with Gasteiger partial charge >= 0.3 is 0 Å². The summed E-state index contributed by atoms with van der Waals surface area (Å²) in [7, 11) is -2.10. The molecule has 0 unspecified atom stereocenters. The van der Waals surface area contributed by atoms with Crippen LogP contribution in [-0.2, 0) is 14.8 Å². The average molecular weight is 475 g/mol. The third kappa shape index (κ3) is 5.71. The highest BCUT2D eigenvalue weighted by molar-refractivity contribution is 7.89. The van der Waals surface area contributed by atoms with Crippen molar-refractivity contribution in [1.82, 2.24) is 9.21 Å². The number of sulfonamides is 1. The van der Waals surface area contributed by atoms with Gasteiger partial charge in [-0.2, -0.15) is 4.31 Å². The maximum absolute atomic E-state index is 13.5. The van der Waals surface area contributed by atoms with Gasteiger partial charge < -0.3 is 14.7 Å². The zero-order chi connectivity index (χ0) is 23.8. The quantitative estimate of drug-likeness (QED) is 0.640. The minimum absolute atomic E-state index is 0.0728. The van der Waals surface area contributed by atoms with Crippen molar-refractivity contribution in [2.75, 3.05) is 26.7 Å². The van der Waals surface area contributed by atoms with E-state index in [1.165, 1.54) is 4.31 Å². The third-order valence-electron chi connectivity index (χ3n) is 6.70. The summed E-state index contributed by atoms with van der Waals surface area (Å²) in [4.78, 5) is 14.4. The van der Waals surface area contributed by atoms with Crippen molar-refractivity contribution in [3.05, 3.63) is 23.8 Å². The molecule has 3 atom stereocenters. The lowest BCUT2D eigenvalue weighted by Gasteiger charge is -2.37. The Kier molecular flexibility index (Phi) is 7.04. The fourth-order valence-electron chi connectivity index (χ4n) is 4.03. The number of carbonyl (C=O) groups is 1. The summed E-state index contributed by atoms with van der Waals surface area (Å²) in [6, 6.07) is 4.38. The van der Waals surface area contributed by atoms with Crippen LogP contribution in [0.1, 0.15) is 51.5 Å². The second-order valence-electron chi connectivity index (χ2n) is 9.87. The Morgan fingerprint density at radius 3 is 2.67 bits per heavy atom. The van der Waals surface area contributed by atoms with Gasteiger partial charge in [-0.1, -0.05) is 18.8 Å². The van der Waals surface area contributed by atoms with Crippen LogP contribution in [0.15, 0.2) is 23.1 Å². The predicted molar refractivity (Wildman–Crippen MR) is 125 cm³/mol. The topological polar surface area (TPSA) is 87.2 Å². The lowest BCUT2D eigenvalue weighted by Crippen LogP contribution is -2.50. The molecule has 1 amide bonds. The number of aliphatic hydroxyl groups is 1. The normalized spacial score (nSPS) is 25.5. The number of hydrogen-bond acceptors (Lipinski definition) is 5. The van der Waals surface area contributed by atoms with Crippen LogP contribution in [0.5, 0.6) is 5.75 Å². The molecule has 33 heavy (non-hydrogen) atoms. The molecule has 8 heteroatoms. The fraction of sp³-hybridized carbons (Fsp3) is 0.640. The van der Waals surface area contributed by atoms with Crippen LogP contribution in [0.25, 0.3) is 0 Å². The molecule has 0 radical (unpaired) electrons. The molecule has 0 bridgehead atoms. The van der Waals surface area contributed by atoms with Gasteiger partial charge in [0.25, 0.3) is 0 Å². The molecular weight excluding hydrogens is 440 g/mol. The molecule has 4 rings (SSSR count). The third-order valence-corrected chi connectivity index (χ3v) is 8.72. The Balaban J connectivity index is 1.67. The molecule has 2 saturated carbocycles. The van der Waals surface area contributed by atoms with E-state index in [0.29, 0.717) is 30.4 Å². The molecule has 0 saturated heterocycles. The number of fused-ring (bicyclic) bond motifs is 1. The standard InChI is InChI=1S/C25H34N2O5S/c1-17-14-27(18(2)16-28)33(30,31)24-11-10-20(7-6-19-4-5-19)12-22(24)32-23(17)15-26(3)25(29)13-21-8-9-21/h10-12,17-19,21,23,28H,4-5,8-9,13-16H2,1-3H3/t17-,18+,23-/m1/s1. The molecule has 2 aliphatic carbocycles. The Labute approximate surface area is 197 Å². The highest BCUT2D eigenvalue weighted by Crippen LogP contribution is 2.35. The molecule has 0 spiro atoms. The lowest BCUT2D eigenvalue weighted by molar-refractivity contribution is -0.131. The number of amides is 1. The number of likely N-dealkylation sites (N-methyl/N-ethyl adjacent to an activating group) is 1. The Morgan fingerprint density at radius 2 is 2.03 bits per heavy atom. The van der Waals surface area contributed by atoms with Gasteiger partial charge in [0.15, 0.2) is 0 Å². The Bertz CT molecular complexity index is 1050. The van der Waals surface area contributed by atoms with Gasteiger partial charge in [-0.15, -0.1) is 0 Å². The van der Waals surface area contributed by atoms with E-state index in [1.54, 1.807) is 37.1 Å². The monoisotopic (exact) mass is 474 g/mol. The molecule has 7 nitrogen and oxygen atoms in total. The molecule has 180 valence electrons. The first-order valence-corrected chi connectivity index (χ1v) is 13.3. The zero-order valence-corrected chi connectivity index (χ0v) is 20.5. The summed E-state index contributed by atoms with van der Waals surface area (Å²) >= 11 is 0. The number of nitrogens with zero attached hydrogens (tertiary/aromatic N) is 2. The fourth-order valence-corrected chi connectivity index (χ4v) is 5.86. The molecular formula is C25H34N2O5S. The molecule has 1 aliphatic heterocycles. The van der Waals surface area contributed by atoms with Gasteiger partial charge in [-0.3, -0.25) is 4.79 Å². The van der Waals surface area contributed by atoms with E-state index in [9.17, 15) is 18.3 Å². The molecule has 1 aromatic rings. The van der Waals surface area contributed by atoms with Crippen molar-refractivity contribution >= 4 is 15.9 Å². The van der Waals surface area contributed by atoms with E-state index in [1.807, 2.05) is 6.92 Å². The highest BCUT2D eigenvalue weighted by Gasteiger charge is 2.38. The lowest BCUT2D eigenvalue weighted by atomic mass is 10.0. The van der Waals surface area contributed by atoms with Crippen LogP contribution < -0.4 is 4.74 Å². The summed E-state index contributed by atoms with van der Waals surface area (Å²) in [6.07, 6.45) is 4.60. The molecule has 0 aromatic heterocycles. The number of rotatable bonds is 6. The molecule has 1 aromatic carbocycles. The molecule has 1 heterocycles. The van der Waals surface area contributed by atoms with Gasteiger partial charge in [0.1, 0.15) is 16.7 Å². The first kappa shape index (κ1) is 24.1. The predicted octanol–water partition coefficient (Wildman–Crippen LogP) is 2.48. The van der Waals surface area contributed by atoms with Crippen LogP contribution in [0.4, 0.5) is 0 Å². The maximum Gasteiger partial charge on any atom is 0.247 e. The number of ether oxygens (including phenoxy) is 1. The largest absolute Gasteiger partial charge is 0.487 e. The first-order chi connectivity index (χ1) is 15.7. The molecule has 2 fully saturated rings. The van der Waals surface area contributed by atoms with Crippen LogP contribution in [0, 0.1) is 29.6 Å². The smallest absolute Gasteiger partial charge is 0.247 e. The van der Waals surface area contributed by atoms with Crippen LogP contribution in [0.3, 0.4) is 0 Å². The average Bonchev–Trinajstić information content (AvgIpc) is 3.70. The zero-order valence-electron chi connectivity index (χ0n) is 19.7. The van der Waals surface area contributed by atoms with Gasteiger partial charge in [-0.25, -0.2) is 8.42 Å². The number of benzene rings is 1. The van der Waals surface area contributed by atoms with Gasteiger partial charge in [0, 0.05) is 43.5 Å². The highest BCUT2D eigenvalue weighted by atomic mass is 32.2. The van der Waals surface area contributed by atoms with E-state index < -0.39 is 22.2 Å². The van der Waals surface area contributed by atoms with Crippen LogP contribution in [-0.4, -0.2) is 67.5 Å². The van der Waals surface area contributed by atoms with Crippen LogP contribution in [0.2, 0.25) is 0 Å². The van der Waals surface area contributed by atoms with Crippen molar-refractivity contribution in [2.24, 2.45) is 17.8 Å². The van der Waals surface area contributed by atoms with E-state index in [2.05, 4.69) is 11.8 Å². The van der Waals surface area contributed by atoms with Crippen molar-refractivity contribution in [3.8, 4) is 17.6 Å². The van der Waals surface area contributed by atoms with Crippen LogP contribution >= 0.6 is 0 Å². The minimum Gasteiger partial charge on any atom is -0.487 e. The number of hydrogen-bond donors (Lipinski definition) is 1. The minimum atomic E-state index is -3.88. The van der Waals surface area contributed by atoms with Crippen molar-refractivity contribution in [1.29, 1.82) is 0 Å². The summed E-state index contributed by atoms with van der Waals surface area (Å²) in [5, 5.41) is 9.75. The van der Waals surface area contributed by atoms with Crippen molar-refractivity contribution in [2.45, 2.75) is 63.0 Å². The second-order valence-corrected chi connectivity index (χ2v) is 11.7. The van der Waals surface area contributed by atoms with E-state index >= 15 is 0 Å². The first-order valence-electron chi connectivity index (χ1n) is 11.9. The summed E-state index contributed by atoms with van der Waals surface area (Å²) in [5.41, 5.74) is 0.711. The van der Waals surface area contributed by atoms with Gasteiger partial charge in [0.2, 0.25) is 15.9 Å². The SMILES string of the molecule is C[C@@H]1CN([C@@H](C)CO)S(=O)(=O)c2ccc(C#CC3CC3)cc2O[C@@H]1CN(C)C(=O)CC1CC1. The van der Waals surface area contributed by atoms with Gasteiger partial charge in [-0.05, 0) is 56.7 Å². The van der Waals surface area contributed by atoms with Crippen molar-refractivity contribution < 1.29 is 23.1 Å². The molecule has 1 N–H and O–H groups in total. The van der Waals surface area contributed by atoms with Gasteiger partial charge in [0.05, 0.1) is 13.2 Å². The summed E-state index contributed by atoms with van der Waals surface area (Å²) in [6.45, 7) is 3.91. The Hall–Kier alpha value is -2.08. The number of carbonyl (C=O) groups excluding carboxylic acids is 1. The number of aliphatic hydroxyl groups excluding tert-OH is 1.